The van der Waals surface area contributed by atoms with Crippen molar-refractivity contribution in [3.05, 3.63) is 41.3 Å². The topological polar surface area (TPSA) is 53.1 Å². The Kier molecular flexibility index (Phi) is 3.77. The zero-order valence-electron chi connectivity index (χ0n) is 10.4. The average Bonchev–Trinajstić information content (AvgIpc) is 2.70. The number of aromatic nitrogens is 2. The van der Waals surface area contributed by atoms with E-state index >= 15 is 0 Å². The van der Waals surface area contributed by atoms with Gasteiger partial charge in [-0.2, -0.15) is 0 Å². The van der Waals surface area contributed by atoms with Gasteiger partial charge in [0.2, 0.25) is 0 Å². The Morgan fingerprint density at radius 1 is 1.33 bits per heavy atom. The Hall–Kier alpha value is -1.68. The molecular weight excluding hydrogens is 250 g/mol. The fraction of sp³-hybridized carbons (Fsp3) is 0.308. The van der Waals surface area contributed by atoms with Gasteiger partial charge in [-0.05, 0) is 38.1 Å². The molecule has 2 aromatic rings. The zero-order valence-corrected chi connectivity index (χ0v) is 11.2. The Bertz CT molecular complexity index is 520. The summed E-state index contributed by atoms with van der Waals surface area (Å²) in [6.45, 7) is 4.54. The summed E-state index contributed by atoms with van der Waals surface area (Å²) >= 11 is 5.81. The van der Waals surface area contributed by atoms with E-state index in [1.807, 2.05) is 22.9 Å². The summed E-state index contributed by atoms with van der Waals surface area (Å²) in [5, 5.41) is 0.690. The monoisotopic (exact) mass is 265 g/mol. The maximum atomic E-state index is 5.81. The number of nitrogens with two attached hydrogens (primary N) is 1. The highest BCUT2D eigenvalue weighted by atomic mass is 35.5. The van der Waals surface area contributed by atoms with Crippen molar-refractivity contribution >= 4 is 17.4 Å². The molecule has 18 heavy (non-hydrogen) atoms. The molecule has 5 heteroatoms. The van der Waals surface area contributed by atoms with E-state index in [1.54, 1.807) is 12.1 Å². The van der Waals surface area contributed by atoms with Gasteiger partial charge in [-0.15, -0.1) is 0 Å². The number of benzene rings is 1. The van der Waals surface area contributed by atoms with Gasteiger partial charge in [0.25, 0.3) is 0 Å². The minimum absolute atomic E-state index is 0.304. The van der Waals surface area contributed by atoms with Crippen molar-refractivity contribution < 1.29 is 4.74 Å². The van der Waals surface area contributed by atoms with Crippen LogP contribution in [0.5, 0.6) is 5.75 Å². The van der Waals surface area contributed by atoms with Crippen LogP contribution in [0.2, 0.25) is 5.02 Å². The number of hydrogen-bond acceptors (Lipinski definition) is 3. The third-order valence-corrected chi connectivity index (χ3v) is 2.82. The molecule has 0 bridgehead atoms. The van der Waals surface area contributed by atoms with E-state index in [2.05, 4.69) is 18.8 Å². The third-order valence-electron chi connectivity index (χ3n) is 2.57. The highest BCUT2D eigenvalue weighted by molar-refractivity contribution is 6.30. The summed E-state index contributed by atoms with van der Waals surface area (Å²) in [6, 6.07) is 7.54. The van der Waals surface area contributed by atoms with Gasteiger partial charge in [-0.3, -0.25) is 0 Å². The molecule has 0 spiro atoms. The summed E-state index contributed by atoms with van der Waals surface area (Å²) in [7, 11) is 0. The standard InChI is InChI=1S/C13H16ClN3O/c1-9(2)17-7-12(15)16-13(17)8-18-11-5-3-10(14)4-6-11/h3-7,9H,8,15H2,1-2H3. The van der Waals surface area contributed by atoms with Crippen LogP contribution >= 0.6 is 11.6 Å². The molecular formula is C13H16ClN3O. The van der Waals surface area contributed by atoms with E-state index in [0.717, 1.165) is 11.6 Å². The molecule has 0 saturated heterocycles. The SMILES string of the molecule is CC(C)n1cc(N)nc1COc1ccc(Cl)cc1. The molecule has 4 nitrogen and oxygen atoms in total. The second kappa shape index (κ2) is 5.31. The molecule has 1 aromatic heterocycles. The predicted molar refractivity (Wildman–Crippen MR) is 72.8 cm³/mol. The summed E-state index contributed by atoms with van der Waals surface area (Å²) in [4.78, 5) is 4.25. The van der Waals surface area contributed by atoms with E-state index in [1.165, 1.54) is 0 Å². The molecule has 0 atom stereocenters. The van der Waals surface area contributed by atoms with Gasteiger partial charge >= 0.3 is 0 Å². The largest absolute Gasteiger partial charge is 0.486 e. The quantitative estimate of drug-likeness (QED) is 0.923. The van der Waals surface area contributed by atoms with E-state index in [-0.39, 0.29) is 0 Å². The van der Waals surface area contributed by atoms with Gasteiger partial charge in [0, 0.05) is 17.3 Å². The van der Waals surface area contributed by atoms with Crippen LogP contribution in [0.4, 0.5) is 5.82 Å². The summed E-state index contributed by atoms with van der Waals surface area (Å²) < 4.78 is 7.66. The van der Waals surface area contributed by atoms with Gasteiger partial charge < -0.3 is 15.0 Å². The summed E-state index contributed by atoms with van der Waals surface area (Å²) in [5.74, 6) is 2.09. The van der Waals surface area contributed by atoms with Gasteiger partial charge in [0.1, 0.15) is 24.0 Å². The molecule has 0 unspecified atom stereocenters. The van der Waals surface area contributed by atoms with Gasteiger partial charge in [0.15, 0.2) is 0 Å². The fourth-order valence-corrected chi connectivity index (χ4v) is 1.81. The number of nitrogen functional groups attached to an aromatic ring is 1. The molecule has 0 amide bonds. The van der Waals surface area contributed by atoms with Crippen LogP contribution in [0, 0.1) is 0 Å². The first-order valence-electron chi connectivity index (χ1n) is 5.78. The molecule has 0 aliphatic heterocycles. The number of rotatable bonds is 4. The first-order chi connectivity index (χ1) is 8.56. The van der Waals surface area contributed by atoms with Crippen molar-refractivity contribution in [3.63, 3.8) is 0 Å². The Balaban J connectivity index is 2.08. The number of imidazole rings is 1. The van der Waals surface area contributed by atoms with Crippen molar-refractivity contribution in [3.8, 4) is 5.75 Å². The van der Waals surface area contributed by atoms with Crippen LogP contribution in [0.1, 0.15) is 25.7 Å². The maximum Gasteiger partial charge on any atom is 0.149 e. The van der Waals surface area contributed by atoms with Crippen LogP contribution in [0.15, 0.2) is 30.5 Å². The van der Waals surface area contributed by atoms with E-state index in [4.69, 9.17) is 22.1 Å². The minimum Gasteiger partial charge on any atom is -0.486 e. The second-order valence-corrected chi connectivity index (χ2v) is 4.76. The molecule has 2 rings (SSSR count). The fourth-order valence-electron chi connectivity index (χ4n) is 1.69. The van der Waals surface area contributed by atoms with Crippen molar-refractivity contribution in [1.82, 2.24) is 9.55 Å². The number of nitrogens with zero attached hydrogens (tertiary/aromatic N) is 2. The minimum atomic E-state index is 0.304. The van der Waals surface area contributed by atoms with Crippen LogP contribution in [-0.4, -0.2) is 9.55 Å². The summed E-state index contributed by atoms with van der Waals surface area (Å²) in [5.41, 5.74) is 5.70. The normalized spacial score (nSPS) is 10.9. The predicted octanol–water partition coefficient (Wildman–Crippen LogP) is 3.28. The first-order valence-corrected chi connectivity index (χ1v) is 6.15. The number of halogens is 1. The number of ether oxygens (including phenoxy) is 1. The molecule has 1 heterocycles. The van der Waals surface area contributed by atoms with E-state index < -0.39 is 0 Å². The molecule has 0 aliphatic carbocycles. The number of anilines is 1. The lowest BCUT2D eigenvalue weighted by molar-refractivity contribution is 0.286. The number of hydrogen-bond donors (Lipinski definition) is 1. The van der Waals surface area contributed by atoms with Crippen molar-refractivity contribution in [2.75, 3.05) is 5.73 Å². The van der Waals surface area contributed by atoms with Gasteiger partial charge in [0.05, 0.1) is 0 Å². The lowest BCUT2D eigenvalue weighted by Gasteiger charge is -2.11. The van der Waals surface area contributed by atoms with Crippen LogP contribution in [-0.2, 0) is 6.61 Å². The summed E-state index contributed by atoms with van der Waals surface area (Å²) in [6.07, 6.45) is 1.82. The second-order valence-electron chi connectivity index (χ2n) is 4.33. The highest BCUT2D eigenvalue weighted by Crippen LogP contribution is 2.18. The molecule has 0 aliphatic rings. The molecule has 0 radical (unpaired) electrons. The Morgan fingerprint density at radius 3 is 2.61 bits per heavy atom. The lowest BCUT2D eigenvalue weighted by Crippen LogP contribution is -2.08. The zero-order chi connectivity index (χ0) is 13.1. The van der Waals surface area contributed by atoms with Gasteiger partial charge in [-0.25, -0.2) is 4.98 Å². The Labute approximate surface area is 111 Å². The highest BCUT2D eigenvalue weighted by Gasteiger charge is 2.09. The first kappa shape index (κ1) is 12.8. The van der Waals surface area contributed by atoms with Crippen LogP contribution in [0.3, 0.4) is 0 Å². The smallest absolute Gasteiger partial charge is 0.149 e. The van der Waals surface area contributed by atoms with Gasteiger partial charge in [-0.1, -0.05) is 11.6 Å². The van der Waals surface area contributed by atoms with Crippen molar-refractivity contribution in [2.45, 2.75) is 26.5 Å². The Morgan fingerprint density at radius 2 is 2.00 bits per heavy atom. The lowest BCUT2D eigenvalue weighted by atomic mass is 10.3. The molecule has 96 valence electrons. The molecule has 2 N–H and O–H groups in total. The van der Waals surface area contributed by atoms with E-state index in [9.17, 15) is 0 Å². The molecule has 0 saturated carbocycles. The average molecular weight is 266 g/mol. The third kappa shape index (κ3) is 2.96. The van der Waals surface area contributed by atoms with E-state index in [0.29, 0.717) is 23.5 Å². The van der Waals surface area contributed by atoms with Crippen LogP contribution < -0.4 is 10.5 Å². The molecule has 1 aromatic carbocycles. The van der Waals surface area contributed by atoms with Crippen LogP contribution in [0.25, 0.3) is 0 Å². The molecule has 0 fully saturated rings. The maximum absolute atomic E-state index is 5.81. The van der Waals surface area contributed by atoms with Crippen molar-refractivity contribution in [2.24, 2.45) is 0 Å². The van der Waals surface area contributed by atoms with Crippen molar-refractivity contribution in [1.29, 1.82) is 0 Å².